The molecule has 3 rings (SSSR count). The summed E-state index contributed by atoms with van der Waals surface area (Å²) in [6, 6.07) is 14.2. The number of phenolic OH excluding ortho intramolecular Hbond substituents is 1. The van der Waals surface area contributed by atoms with Gasteiger partial charge in [-0.25, -0.2) is 8.78 Å². The molecule has 1 aliphatic heterocycles. The first-order chi connectivity index (χ1) is 12.6. The van der Waals surface area contributed by atoms with E-state index in [4.69, 9.17) is 4.74 Å². The van der Waals surface area contributed by atoms with Crippen LogP contribution >= 0.6 is 12.4 Å². The van der Waals surface area contributed by atoms with Gasteiger partial charge in [0.15, 0.2) is 0 Å². The Morgan fingerprint density at radius 3 is 2.41 bits per heavy atom. The molecule has 1 heterocycles. The molecule has 0 bridgehead atoms. The van der Waals surface area contributed by atoms with Gasteiger partial charge in [0, 0.05) is 50.3 Å². The van der Waals surface area contributed by atoms with Crippen LogP contribution in [-0.2, 0) is 6.61 Å². The monoisotopic (exact) mass is 398 g/mol. The molecule has 1 aliphatic rings. The number of aromatic hydroxyl groups is 1. The first-order valence-corrected chi connectivity index (χ1v) is 8.86. The maximum absolute atomic E-state index is 13.1. The van der Waals surface area contributed by atoms with Gasteiger partial charge in [0.05, 0.1) is 0 Å². The molecule has 2 aromatic carbocycles. The first kappa shape index (κ1) is 21.4. The summed E-state index contributed by atoms with van der Waals surface area (Å²) in [5, 5.41) is 13.7. The lowest BCUT2D eigenvalue weighted by atomic mass is 10.00. The summed E-state index contributed by atoms with van der Waals surface area (Å²) >= 11 is 0. The zero-order valence-electron chi connectivity index (χ0n) is 15.0. The molecule has 0 radical (unpaired) electrons. The van der Waals surface area contributed by atoms with Gasteiger partial charge in [0.25, 0.3) is 0 Å². The van der Waals surface area contributed by atoms with Crippen molar-refractivity contribution in [3.8, 4) is 11.5 Å². The highest BCUT2D eigenvalue weighted by Crippen LogP contribution is 2.35. The van der Waals surface area contributed by atoms with Gasteiger partial charge in [0.1, 0.15) is 18.1 Å². The summed E-state index contributed by atoms with van der Waals surface area (Å²) in [6.45, 7) is 3.28. The average Bonchev–Trinajstić information content (AvgIpc) is 2.66. The molecule has 0 aliphatic carbocycles. The number of halogens is 3. The van der Waals surface area contributed by atoms with Crippen molar-refractivity contribution in [1.29, 1.82) is 0 Å². The molecule has 0 aromatic heterocycles. The molecule has 2 aromatic rings. The lowest BCUT2D eigenvalue weighted by Gasteiger charge is -2.35. The standard InChI is InChI=1S/C20H24F2N2O2.ClH/c21-20(22)13-18(24-10-8-23-9-11-24)17-7-6-16(12-19(17)25)26-14-15-4-2-1-3-5-15;/h1-7,12,18,20,23,25H,8-11,13-14H2;1H/t18-;/m1./s1. The van der Waals surface area contributed by atoms with Gasteiger partial charge in [0.2, 0.25) is 6.43 Å². The number of phenols is 1. The van der Waals surface area contributed by atoms with E-state index >= 15 is 0 Å². The number of hydrogen-bond donors (Lipinski definition) is 2. The minimum atomic E-state index is -2.43. The van der Waals surface area contributed by atoms with Gasteiger partial charge < -0.3 is 15.2 Å². The normalized spacial score (nSPS) is 16.0. The predicted molar refractivity (Wildman–Crippen MR) is 104 cm³/mol. The summed E-state index contributed by atoms with van der Waals surface area (Å²) in [5.41, 5.74) is 1.55. The Labute approximate surface area is 164 Å². The molecule has 27 heavy (non-hydrogen) atoms. The van der Waals surface area contributed by atoms with Crippen LogP contribution in [-0.4, -0.2) is 42.6 Å². The fraction of sp³-hybridized carbons (Fsp3) is 0.400. The minimum absolute atomic E-state index is 0. The summed E-state index contributed by atoms with van der Waals surface area (Å²) in [4.78, 5) is 2.00. The van der Waals surface area contributed by atoms with Crippen molar-refractivity contribution in [2.24, 2.45) is 0 Å². The highest BCUT2D eigenvalue weighted by atomic mass is 35.5. The van der Waals surface area contributed by atoms with E-state index in [0.29, 0.717) is 31.0 Å². The van der Waals surface area contributed by atoms with E-state index in [0.717, 1.165) is 18.7 Å². The van der Waals surface area contributed by atoms with Crippen molar-refractivity contribution in [2.75, 3.05) is 26.2 Å². The quantitative estimate of drug-likeness (QED) is 0.740. The topological polar surface area (TPSA) is 44.7 Å². The van der Waals surface area contributed by atoms with E-state index in [1.165, 1.54) is 6.07 Å². The molecule has 1 atom stereocenters. The summed E-state index contributed by atoms with van der Waals surface area (Å²) in [7, 11) is 0. The fourth-order valence-corrected chi connectivity index (χ4v) is 3.27. The van der Waals surface area contributed by atoms with Crippen molar-refractivity contribution >= 4 is 12.4 Å². The highest BCUT2D eigenvalue weighted by molar-refractivity contribution is 5.85. The van der Waals surface area contributed by atoms with Crippen LogP contribution in [0.5, 0.6) is 11.5 Å². The van der Waals surface area contributed by atoms with Crippen LogP contribution in [0.15, 0.2) is 48.5 Å². The molecule has 0 spiro atoms. The molecule has 148 valence electrons. The predicted octanol–water partition coefficient (Wildman–Crippen LogP) is 3.99. The van der Waals surface area contributed by atoms with E-state index < -0.39 is 12.5 Å². The van der Waals surface area contributed by atoms with Crippen LogP contribution in [0.3, 0.4) is 0 Å². The van der Waals surface area contributed by atoms with Crippen molar-refractivity contribution in [1.82, 2.24) is 10.2 Å². The number of rotatable bonds is 7. The molecule has 1 saturated heterocycles. The van der Waals surface area contributed by atoms with E-state index in [2.05, 4.69) is 5.32 Å². The molecular weight excluding hydrogens is 374 g/mol. The van der Waals surface area contributed by atoms with Crippen molar-refractivity contribution in [3.63, 3.8) is 0 Å². The van der Waals surface area contributed by atoms with Crippen molar-refractivity contribution in [2.45, 2.75) is 25.5 Å². The Kier molecular flexibility index (Phi) is 8.28. The number of hydrogen-bond acceptors (Lipinski definition) is 4. The Balaban J connectivity index is 0.00000261. The zero-order chi connectivity index (χ0) is 18.4. The van der Waals surface area contributed by atoms with Crippen molar-refractivity contribution in [3.05, 3.63) is 59.7 Å². The number of benzene rings is 2. The largest absolute Gasteiger partial charge is 0.507 e. The third kappa shape index (κ3) is 6.06. The second-order valence-electron chi connectivity index (χ2n) is 6.42. The van der Waals surface area contributed by atoms with E-state index in [1.54, 1.807) is 12.1 Å². The maximum Gasteiger partial charge on any atom is 0.240 e. The first-order valence-electron chi connectivity index (χ1n) is 8.86. The van der Waals surface area contributed by atoms with Gasteiger partial charge in [-0.15, -0.1) is 12.4 Å². The van der Waals surface area contributed by atoms with E-state index in [-0.39, 0.29) is 24.6 Å². The second kappa shape index (κ2) is 10.4. The number of ether oxygens (including phenoxy) is 1. The Morgan fingerprint density at radius 1 is 1.07 bits per heavy atom. The van der Waals surface area contributed by atoms with Crippen LogP contribution in [0.1, 0.15) is 23.6 Å². The van der Waals surface area contributed by atoms with E-state index in [9.17, 15) is 13.9 Å². The zero-order valence-corrected chi connectivity index (χ0v) is 15.8. The maximum atomic E-state index is 13.1. The number of nitrogens with one attached hydrogen (secondary N) is 1. The van der Waals surface area contributed by atoms with Crippen LogP contribution in [0.4, 0.5) is 8.78 Å². The van der Waals surface area contributed by atoms with Crippen LogP contribution in [0.2, 0.25) is 0 Å². The number of nitrogens with zero attached hydrogens (tertiary/aromatic N) is 1. The average molecular weight is 399 g/mol. The summed E-state index contributed by atoms with van der Waals surface area (Å²) in [5.74, 6) is 0.519. The summed E-state index contributed by atoms with van der Waals surface area (Å²) in [6.07, 6.45) is -2.72. The van der Waals surface area contributed by atoms with Gasteiger partial charge in [-0.05, 0) is 11.6 Å². The molecular formula is C20H25ClF2N2O2. The SMILES string of the molecule is Cl.Oc1cc(OCc2ccccc2)ccc1[C@@H](CC(F)F)N1CCNCC1. The third-order valence-electron chi connectivity index (χ3n) is 4.60. The van der Waals surface area contributed by atoms with E-state index in [1.807, 2.05) is 35.2 Å². The number of alkyl halides is 2. The fourth-order valence-electron chi connectivity index (χ4n) is 3.27. The molecule has 0 amide bonds. The van der Waals surface area contributed by atoms with Crippen molar-refractivity contribution < 1.29 is 18.6 Å². The number of piperazine rings is 1. The van der Waals surface area contributed by atoms with Crippen LogP contribution in [0, 0.1) is 0 Å². The minimum Gasteiger partial charge on any atom is -0.507 e. The molecule has 2 N–H and O–H groups in total. The Bertz CT molecular complexity index is 698. The summed E-state index contributed by atoms with van der Waals surface area (Å²) < 4.78 is 31.9. The van der Waals surface area contributed by atoms with Crippen LogP contribution in [0.25, 0.3) is 0 Å². The van der Waals surface area contributed by atoms with Crippen LogP contribution < -0.4 is 10.1 Å². The second-order valence-corrected chi connectivity index (χ2v) is 6.42. The lowest BCUT2D eigenvalue weighted by Crippen LogP contribution is -2.45. The molecule has 1 fully saturated rings. The molecule has 4 nitrogen and oxygen atoms in total. The third-order valence-corrected chi connectivity index (χ3v) is 4.60. The highest BCUT2D eigenvalue weighted by Gasteiger charge is 2.27. The Morgan fingerprint density at radius 2 is 1.78 bits per heavy atom. The van der Waals surface area contributed by atoms with Gasteiger partial charge >= 0.3 is 0 Å². The molecule has 0 unspecified atom stereocenters. The van der Waals surface area contributed by atoms with Gasteiger partial charge in [-0.2, -0.15) is 0 Å². The van der Waals surface area contributed by atoms with Gasteiger partial charge in [-0.3, -0.25) is 4.90 Å². The molecule has 7 heteroatoms. The Hall–Kier alpha value is -1.89. The van der Waals surface area contributed by atoms with Gasteiger partial charge in [-0.1, -0.05) is 36.4 Å². The smallest absolute Gasteiger partial charge is 0.240 e. The molecule has 0 saturated carbocycles. The lowest BCUT2D eigenvalue weighted by molar-refractivity contribution is 0.0729.